The number of carbonyl (C=O) groups is 1. The highest BCUT2D eigenvalue weighted by atomic mass is 16.4. The molecule has 2 N–H and O–H groups in total. The van der Waals surface area contributed by atoms with E-state index in [9.17, 15) is 4.79 Å². The van der Waals surface area contributed by atoms with Crippen molar-refractivity contribution in [2.45, 2.75) is 40.5 Å². The summed E-state index contributed by atoms with van der Waals surface area (Å²) in [4.78, 5) is 10.7. The van der Waals surface area contributed by atoms with Crippen LogP contribution in [0.1, 0.15) is 40.5 Å². The summed E-state index contributed by atoms with van der Waals surface area (Å²) in [6.45, 7) is 9.88. The minimum Gasteiger partial charge on any atom is -0.481 e. The first kappa shape index (κ1) is 13.4. The van der Waals surface area contributed by atoms with Gasteiger partial charge in [-0.3, -0.25) is 4.79 Å². The van der Waals surface area contributed by atoms with Crippen molar-refractivity contribution in [3.63, 3.8) is 0 Å². The molecule has 0 aromatic rings. The summed E-state index contributed by atoms with van der Waals surface area (Å²) in [6.07, 6.45) is 1.79. The summed E-state index contributed by atoms with van der Waals surface area (Å²) in [5.74, 6) is -0.947. The van der Waals surface area contributed by atoms with Crippen LogP contribution in [0.3, 0.4) is 0 Å². The zero-order valence-electron chi connectivity index (χ0n) is 9.76. The Morgan fingerprint density at radius 3 is 2.36 bits per heavy atom. The van der Waals surface area contributed by atoms with E-state index in [1.165, 1.54) is 0 Å². The van der Waals surface area contributed by atoms with Crippen LogP contribution in [0.2, 0.25) is 0 Å². The maximum Gasteiger partial charge on any atom is 0.307 e. The normalized spacial score (nSPS) is 14.0. The zero-order chi connectivity index (χ0) is 11.2. The average Bonchev–Trinajstić information content (AvgIpc) is 2.12. The molecule has 0 fully saturated rings. The van der Waals surface area contributed by atoms with Crippen LogP contribution in [0.5, 0.6) is 0 Å². The molecule has 3 heteroatoms. The minimum absolute atomic E-state index is 0.248. The van der Waals surface area contributed by atoms with Crippen LogP contribution in [0.15, 0.2) is 0 Å². The van der Waals surface area contributed by atoms with Crippen molar-refractivity contribution in [2.75, 3.05) is 13.1 Å². The molecule has 0 spiro atoms. The fourth-order valence-corrected chi connectivity index (χ4v) is 1.12. The highest BCUT2D eigenvalue weighted by Gasteiger charge is 2.18. The molecule has 0 amide bonds. The Morgan fingerprint density at radius 1 is 1.43 bits per heavy atom. The lowest BCUT2D eigenvalue weighted by molar-refractivity contribution is -0.141. The van der Waals surface area contributed by atoms with Crippen molar-refractivity contribution in [3.05, 3.63) is 0 Å². The molecule has 84 valence electrons. The van der Waals surface area contributed by atoms with Gasteiger partial charge in [0, 0.05) is 13.1 Å². The maximum absolute atomic E-state index is 10.7. The number of nitrogens with one attached hydrogen (secondary N) is 1. The fourth-order valence-electron chi connectivity index (χ4n) is 1.12. The summed E-state index contributed by atoms with van der Waals surface area (Å²) in [7, 11) is 0. The first-order valence-electron chi connectivity index (χ1n) is 5.36. The van der Waals surface area contributed by atoms with Gasteiger partial charge in [-0.25, -0.2) is 0 Å². The number of hydrogen-bond donors (Lipinski definition) is 2. The van der Waals surface area contributed by atoms with Gasteiger partial charge in [-0.15, -0.1) is 0 Å². The van der Waals surface area contributed by atoms with Crippen molar-refractivity contribution < 1.29 is 9.90 Å². The second kappa shape index (κ2) is 6.02. The summed E-state index contributed by atoms with van der Waals surface area (Å²) in [5, 5.41) is 12.0. The number of hydrogen-bond acceptors (Lipinski definition) is 2. The molecule has 0 bridgehead atoms. The molecule has 0 radical (unpaired) electrons. The summed E-state index contributed by atoms with van der Waals surface area (Å²) in [5.41, 5.74) is 0.261. The molecule has 0 saturated carbocycles. The molecule has 14 heavy (non-hydrogen) atoms. The Morgan fingerprint density at radius 2 is 2.00 bits per heavy atom. The number of rotatable bonds is 7. The third-order valence-electron chi connectivity index (χ3n) is 2.79. The van der Waals surface area contributed by atoms with Gasteiger partial charge < -0.3 is 10.4 Å². The SMILES string of the molecule is CCC(CNCC(C)(C)CC)C(=O)O. The van der Waals surface area contributed by atoms with Gasteiger partial charge in [0.15, 0.2) is 0 Å². The quantitative estimate of drug-likeness (QED) is 0.663. The van der Waals surface area contributed by atoms with Gasteiger partial charge in [-0.05, 0) is 18.3 Å². The third-order valence-corrected chi connectivity index (χ3v) is 2.79. The van der Waals surface area contributed by atoms with Gasteiger partial charge in [-0.2, -0.15) is 0 Å². The van der Waals surface area contributed by atoms with Crippen LogP contribution in [0.25, 0.3) is 0 Å². The lowest BCUT2D eigenvalue weighted by Gasteiger charge is -2.23. The molecule has 0 heterocycles. The Balaban J connectivity index is 3.77. The third kappa shape index (κ3) is 5.22. The van der Waals surface area contributed by atoms with E-state index in [4.69, 9.17) is 5.11 Å². The Kier molecular flexibility index (Phi) is 5.77. The van der Waals surface area contributed by atoms with E-state index in [0.717, 1.165) is 13.0 Å². The number of carboxylic acids is 1. The highest BCUT2D eigenvalue weighted by molar-refractivity contribution is 5.70. The second-order valence-electron chi connectivity index (χ2n) is 4.59. The molecule has 0 aliphatic rings. The first-order chi connectivity index (χ1) is 6.43. The molecular weight excluding hydrogens is 178 g/mol. The van der Waals surface area contributed by atoms with E-state index in [0.29, 0.717) is 13.0 Å². The van der Waals surface area contributed by atoms with Crippen LogP contribution in [-0.2, 0) is 4.79 Å². The van der Waals surface area contributed by atoms with Crippen LogP contribution in [0, 0.1) is 11.3 Å². The van der Waals surface area contributed by atoms with Crippen LogP contribution >= 0.6 is 0 Å². The highest BCUT2D eigenvalue weighted by Crippen LogP contribution is 2.17. The molecule has 0 rings (SSSR count). The second-order valence-corrected chi connectivity index (χ2v) is 4.59. The number of carboxylic acid groups (broad SMARTS) is 1. The Labute approximate surface area is 86.9 Å². The van der Waals surface area contributed by atoms with E-state index >= 15 is 0 Å². The Hall–Kier alpha value is -0.570. The summed E-state index contributed by atoms with van der Waals surface area (Å²) >= 11 is 0. The zero-order valence-corrected chi connectivity index (χ0v) is 9.76. The van der Waals surface area contributed by atoms with Gasteiger partial charge >= 0.3 is 5.97 Å². The lowest BCUT2D eigenvalue weighted by atomic mass is 9.90. The monoisotopic (exact) mass is 201 g/mol. The van der Waals surface area contributed by atoms with Crippen molar-refractivity contribution in [1.29, 1.82) is 0 Å². The van der Waals surface area contributed by atoms with Crippen LogP contribution < -0.4 is 5.32 Å². The standard InChI is InChI=1S/C11H23NO2/c1-5-9(10(13)14)7-12-8-11(3,4)6-2/h9,12H,5-8H2,1-4H3,(H,13,14). The van der Waals surface area contributed by atoms with Crippen LogP contribution in [-0.4, -0.2) is 24.2 Å². The molecule has 0 saturated heterocycles. The smallest absolute Gasteiger partial charge is 0.307 e. The van der Waals surface area contributed by atoms with Crippen molar-refractivity contribution in [2.24, 2.45) is 11.3 Å². The molecule has 0 aliphatic carbocycles. The minimum atomic E-state index is -0.700. The van der Waals surface area contributed by atoms with E-state index in [2.05, 4.69) is 26.1 Å². The van der Waals surface area contributed by atoms with Crippen molar-refractivity contribution >= 4 is 5.97 Å². The van der Waals surface area contributed by atoms with Gasteiger partial charge in [0.25, 0.3) is 0 Å². The van der Waals surface area contributed by atoms with E-state index in [-0.39, 0.29) is 11.3 Å². The van der Waals surface area contributed by atoms with Gasteiger partial charge in [0.2, 0.25) is 0 Å². The largest absolute Gasteiger partial charge is 0.481 e. The predicted octanol–water partition coefficient (Wildman–Crippen LogP) is 2.12. The van der Waals surface area contributed by atoms with E-state index in [1.807, 2.05) is 6.92 Å². The van der Waals surface area contributed by atoms with Crippen molar-refractivity contribution in [3.8, 4) is 0 Å². The van der Waals surface area contributed by atoms with E-state index < -0.39 is 5.97 Å². The maximum atomic E-state index is 10.7. The molecule has 0 aromatic carbocycles. The lowest BCUT2D eigenvalue weighted by Crippen LogP contribution is -2.34. The topological polar surface area (TPSA) is 49.3 Å². The number of aliphatic carboxylic acids is 1. The molecule has 3 nitrogen and oxygen atoms in total. The molecule has 0 aromatic heterocycles. The summed E-state index contributed by atoms with van der Waals surface area (Å²) < 4.78 is 0. The molecule has 0 aliphatic heterocycles. The molecule has 1 unspecified atom stereocenters. The van der Waals surface area contributed by atoms with E-state index in [1.54, 1.807) is 0 Å². The van der Waals surface area contributed by atoms with Gasteiger partial charge in [-0.1, -0.05) is 27.7 Å². The molecular formula is C11H23NO2. The van der Waals surface area contributed by atoms with Crippen molar-refractivity contribution in [1.82, 2.24) is 5.32 Å². The average molecular weight is 201 g/mol. The Bertz CT molecular complexity index is 178. The molecule has 1 atom stereocenters. The summed E-state index contributed by atoms with van der Waals surface area (Å²) in [6, 6.07) is 0. The van der Waals surface area contributed by atoms with Gasteiger partial charge in [0.1, 0.15) is 0 Å². The first-order valence-corrected chi connectivity index (χ1v) is 5.36. The fraction of sp³-hybridized carbons (Fsp3) is 0.909. The van der Waals surface area contributed by atoms with Crippen LogP contribution in [0.4, 0.5) is 0 Å². The van der Waals surface area contributed by atoms with Gasteiger partial charge in [0.05, 0.1) is 5.92 Å². The predicted molar refractivity (Wildman–Crippen MR) is 58.4 cm³/mol.